The lowest BCUT2D eigenvalue weighted by atomic mass is 10.2. The number of hydrogen-bond donors (Lipinski definition) is 2. The summed E-state index contributed by atoms with van der Waals surface area (Å²) in [6.07, 6.45) is -3.43. The lowest BCUT2D eigenvalue weighted by molar-refractivity contribution is -0.137. The summed E-state index contributed by atoms with van der Waals surface area (Å²) >= 11 is 17.3. The van der Waals surface area contributed by atoms with Crippen molar-refractivity contribution in [3.8, 4) is 0 Å². The maximum atomic E-state index is 12.7. The van der Waals surface area contributed by atoms with Crippen LogP contribution in [-0.2, 0) is 15.8 Å². The highest BCUT2D eigenvalue weighted by Crippen LogP contribution is 2.33. The molecule has 2 amide bonds. The van der Waals surface area contributed by atoms with Gasteiger partial charge in [0.05, 0.1) is 32.5 Å². The molecular formula is C16H9Cl3F3N3O2. The van der Waals surface area contributed by atoms with Crippen LogP contribution in [0.3, 0.4) is 0 Å². The number of benzene rings is 2. The molecule has 27 heavy (non-hydrogen) atoms. The molecule has 0 aliphatic rings. The van der Waals surface area contributed by atoms with Crippen LogP contribution in [0.15, 0.2) is 41.5 Å². The molecule has 0 heterocycles. The summed E-state index contributed by atoms with van der Waals surface area (Å²) < 4.78 is 38.1. The molecule has 0 atom stereocenters. The van der Waals surface area contributed by atoms with Crippen LogP contribution < -0.4 is 10.7 Å². The number of alkyl halides is 3. The standard InChI is InChI=1S/C16H9Cl3F3N3O2/c17-10-3-1-8(5-12(10)19)7-23-25-15(27)14(26)24-13-6-9(16(20,21)22)2-4-11(13)18/h1-7H,(H,24,26)(H,25,27)/b23-7+. The minimum Gasteiger partial charge on any atom is -0.316 e. The topological polar surface area (TPSA) is 70.6 Å². The Balaban J connectivity index is 2.02. The predicted molar refractivity (Wildman–Crippen MR) is 97.3 cm³/mol. The van der Waals surface area contributed by atoms with Gasteiger partial charge in [-0.05, 0) is 35.9 Å². The number of amides is 2. The lowest BCUT2D eigenvalue weighted by Gasteiger charge is -2.11. The zero-order valence-electron chi connectivity index (χ0n) is 13.1. The molecule has 0 fully saturated rings. The zero-order valence-corrected chi connectivity index (χ0v) is 15.3. The fourth-order valence-corrected chi connectivity index (χ4v) is 2.26. The monoisotopic (exact) mass is 437 g/mol. The van der Waals surface area contributed by atoms with Gasteiger partial charge in [-0.1, -0.05) is 40.9 Å². The van der Waals surface area contributed by atoms with Crippen LogP contribution in [0.25, 0.3) is 0 Å². The van der Waals surface area contributed by atoms with Crippen molar-refractivity contribution in [1.82, 2.24) is 5.43 Å². The molecule has 0 bridgehead atoms. The van der Waals surface area contributed by atoms with Gasteiger partial charge in [-0.3, -0.25) is 9.59 Å². The molecule has 0 aliphatic heterocycles. The maximum Gasteiger partial charge on any atom is 0.416 e. The summed E-state index contributed by atoms with van der Waals surface area (Å²) in [5, 5.41) is 5.98. The third kappa shape index (κ3) is 5.85. The van der Waals surface area contributed by atoms with Gasteiger partial charge >= 0.3 is 18.0 Å². The summed E-state index contributed by atoms with van der Waals surface area (Å²) in [6, 6.07) is 6.87. The first kappa shape index (κ1) is 21.0. The van der Waals surface area contributed by atoms with E-state index in [-0.39, 0.29) is 15.7 Å². The molecule has 142 valence electrons. The van der Waals surface area contributed by atoms with Gasteiger partial charge in [0.2, 0.25) is 0 Å². The molecular weight excluding hydrogens is 430 g/mol. The molecule has 2 aromatic rings. The van der Waals surface area contributed by atoms with E-state index in [1.165, 1.54) is 18.3 Å². The number of nitrogens with one attached hydrogen (secondary N) is 2. The maximum absolute atomic E-state index is 12.7. The smallest absolute Gasteiger partial charge is 0.316 e. The van der Waals surface area contributed by atoms with Crippen molar-refractivity contribution in [1.29, 1.82) is 0 Å². The van der Waals surface area contributed by atoms with Gasteiger partial charge in [0.25, 0.3) is 0 Å². The van der Waals surface area contributed by atoms with E-state index in [9.17, 15) is 22.8 Å². The lowest BCUT2D eigenvalue weighted by Crippen LogP contribution is -2.32. The Bertz CT molecular complexity index is 918. The highest BCUT2D eigenvalue weighted by molar-refractivity contribution is 6.42. The van der Waals surface area contributed by atoms with E-state index in [1.807, 2.05) is 10.7 Å². The molecule has 2 N–H and O–H groups in total. The van der Waals surface area contributed by atoms with Crippen LogP contribution in [0, 0.1) is 0 Å². The Morgan fingerprint density at radius 1 is 0.926 bits per heavy atom. The van der Waals surface area contributed by atoms with E-state index < -0.39 is 23.6 Å². The van der Waals surface area contributed by atoms with E-state index in [0.29, 0.717) is 16.7 Å². The highest BCUT2D eigenvalue weighted by atomic mass is 35.5. The van der Waals surface area contributed by atoms with E-state index in [4.69, 9.17) is 34.8 Å². The van der Waals surface area contributed by atoms with Crippen LogP contribution in [0.1, 0.15) is 11.1 Å². The number of hydrazone groups is 1. The zero-order chi connectivity index (χ0) is 20.2. The molecule has 2 rings (SSSR count). The first-order chi connectivity index (χ1) is 12.6. The van der Waals surface area contributed by atoms with Gasteiger partial charge in [0.15, 0.2) is 0 Å². The van der Waals surface area contributed by atoms with Crippen molar-refractivity contribution in [3.63, 3.8) is 0 Å². The molecule has 0 aromatic heterocycles. The number of halogens is 6. The second-order valence-corrected chi connectivity index (χ2v) is 6.24. The summed E-state index contributed by atoms with van der Waals surface area (Å²) in [5.41, 5.74) is 1.03. The van der Waals surface area contributed by atoms with Crippen LogP contribution >= 0.6 is 34.8 Å². The first-order valence-corrected chi connectivity index (χ1v) is 8.17. The third-order valence-corrected chi connectivity index (χ3v) is 4.14. The first-order valence-electron chi connectivity index (χ1n) is 7.04. The van der Waals surface area contributed by atoms with Crippen LogP contribution in [-0.4, -0.2) is 18.0 Å². The minimum atomic E-state index is -4.63. The highest BCUT2D eigenvalue weighted by Gasteiger charge is 2.31. The Morgan fingerprint density at radius 2 is 1.59 bits per heavy atom. The predicted octanol–water partition coefficient (Wildman–Crippen LogP) is 4.75. The van der Waals surface area contributed by atoms with Gasteiger partial charge in [-0.2, -0.15) is 18.3 Å². The summed E-state index contributed by atoms with van der Waals surface area (Å²) in [4.78, 5) is 23.5. The molecule has 0 unspecified atom stereocenters. The van der Waals surface area contributed by atoms with Crippen LogP contribution in [0.5, 0.6) is 0 Å². The molecule has 0 saturated carbocycles. The molecule has 0 aliphatic carbocycles. The van der Waals surface area contributed by atoms with Gasteiger partial charge in [0.1, 0.15) is 0 Å². The number of anilines is 1. The number of carbonyl (C=O) groups excluding carboxylic acids is 2. The van der Waals surface area contributed by atoms with Crippen LogP contribution in [0.4, 0.5) is 18.9 Å². The van der Waals surface area contributed by atoms with Crippen molar-refractivity contribution in [2.24, 2.45) is 5.10 Å². The Morgan fingerprint density at radius 3 is 2.22 bits per heavy atom. The summed E-state index contributed by atoms with van der Waals surface area (Å²) in [6.45, 7) is 0. The van der Waals surface area contributed by atoms with Gasteiger partial charge in [0, 0.05) is 0 Å². The van der Waals surface area contributed by atoms with Crippen molar-refractivity contribution in [3.05, 3.63) is 62.6 Å². The van der Waals surface area contributed by atoms with Crippen LogP contribution in [0.2, 0.25) is 15.1 Å². The van der Waals surface area contributed by atoms with Crippen molar-refractivity contribution >= 4 is 58.5 Å². The average molecular weight is 439 g/mol. The van der Waals surface area contributed by atoms with Crippen molar-refractivity contribution in [2.75, 3.05) is 5.32 Å². The third-order valence-electron chi connectivity index (χ3n) is 3.07. The second kappa shape index (κ2) is 8.60. The Hall–Kier alpha value is -2.29. The fraction of sp³-hybridized carbons (Fsp3) is 0.0625. The normalized spacial score (nSPS) is 11.5. The Labute approximate surface area is 166 Å². The molecule has 11 heteroatoms. The van der Waals surface area contributed by atoms with E-state index >= 15 is 0 Å². The van der Waals surface area contributed by atoms with Crippen molar-refractivity contribution < 1.29 is 22.8 Å². The van der Waals surface area contributed by atoms with Gasteiger partial charge < -0.3 is 5.32 Å². The number of nitrogens with zero attached hydrogens (tertiary/aromatic N) is 1. The largest absolute Gasteiger partial charge is 0.416 e. The Kier molecular flexibility index (Phi) is 6.69. The molecule has 0 saturated heterocycles. The summed E-state index contributed by atoms with van der Waals surface area (Å²) in [5.74, 6) is -2.46. The number of carbonyl (C=O) groups is 2. The van der Waals surface area contributed by atoms with Gasteiger partial charge in [-0.15, -0.1) is 0 Å². The molecule has 2 aromatic carbocycles. The quantitative estimate of drug-likeness (QED) is 0.412. The SMILES string of the molecule is O=C(N/N=C/c1ccc(Cl)c(Cl)c1)C(=O)Nc1cc(C(F)(F)F)ccc1Cl. The molecule has 0 radical (unpaired) electrons. The van der Waals surface area contributed by atoms with Crippen molar-refractivity contribution in [2.45, 2.75) is 6.18 Å². The fourth-order valence-electron chi connectivity index (χ4n) is 1.79. The van der Waals surface area contributed by atoms with Gasteiger partial charge in [-0.25, -0.2) is 5.43 Å². The minimum absolute atomic E-state index is 0.163. The number of hydrogen-bond acceptors (Lipinski definition) is 3. The molecule has 0 spiro atoms. The summed E-state index contributed by atoms with van der Waals surface area (Å²) in [7, 11) is 0. The molecule has 5 nitrogen and oxygen atoms in total. The number of rotatable bonds is 3. The average Bonchev–Trinajstić information content (AvgIpc) is 2.58. The van der Waals surface area contributed by atoms with E-state index in [1.54, 1.807) is 6.07 Å². The van der Waals surface area contributed by atoms with E-state index in [0.717, 1.165) is 12.1 Å². The van der Waals surface area contributed by atoms with E-state index in [2.05, 4.69) is 5.10 Å². The second-order valence-electron chi connectivity index (χ2n) is 5.02.